The molecule has 1 N–H and O–H groups in total. The van der Waals surface area contributed by atoms with Gasteiger partial charge in [-0.15, -0.1) is 0 Å². The molecule has 7 nitrogen and oxygen atoms in total. The van der Waals surface area contributed by atoms with Gasteiger partial charge in [0.05, 0.1) is 22.7 Å². The van der Waals surface area contributed by atoms with Crippen LogP contribution in [0.15, 0.2) is 59.5 Å². The summed E-state index contributed by atoms with van der Waals surface area (Å²) < 4.78 is 28.5. The van der Waals surface area contributed by atoms with Crippen molar-refractivity contribution in [1.29, 1.82) is 0 Å². The predicted octanol–water partition coefficient (Wildman–Crippen LogP) is 4.18. The summed E-state index contributed by atoms with van der Waals surface area (Å²) in [5.74, 6) is -0.445. The van der Waals surface area contributed by atoms with Crippen LogP contribution in [-0.4, -0.2) is 41.5 Å². The van der Waals surface area contributed by atoms with Crippen molar-refractivity contribution in [1.82, 2.24) is 14.1 Å². The molecule has 1 heterocycles. The molecular formula is C22H25ClN4O3S. The third kappa shape index (κ3) is 4.98. The highest BCUT2D eigenvalue weighted by Gasteiger charge is 2.23. The van der Waals surface area contributed by atoms with Gasteiger partial charge in [0, 0.05) is 18.8 Å². The minimum atomic E-state index is -3.63. The summed E-state index contributed by atoms with van der Waals surface area (Å²) in [4.78, 5) is 13.0. The molecule has 31 heavy (non-hydrogen) atoms. The first-order valence-corrected chi connectivity index (χ1v) is 11.8. The van der Waals surface area contributed by atoms with E-state index in [9.17, 15) is 13.2 Å². The average Bonchev–Trinajstić information content (AvgIpc) is 3.02. The average molecular weight is 461 g/mol. The van der Waals surface area contributed by atoms with Crippen LogP contribution < -0.4 is 5.32 Å². The fourth-order valence-corrected chi connectivity index (χ4v) is 5.14. The van der Waals surface area contributed by atoms with Gasteiger partial charge in [0.15, 0.2) is 0 Å². The van der Waals surface area contributed by atoms with Crippen LogP contribution in [0.3, 0.4) is 0 Å². The van der Waals surface area contributed by atoms with Crippen molar-refractivity contribution in [3.8, 4) is 0 Å². The lowest BCUT2D eigenvalue weighted by Gasteiger charge is -2.18. The summed E-state index contributed by atoms with van der Waals surface area (Å²) in [5.41, 5.74) is 2.12. The zero-order valence-corrected chi connectivity index (χ0v) is 19.2. The Kier molecular flexibility index (Phi) is 7.15. The van der Waals surface area contributed by atoms with Gasteiger partial charge >= 0.3 is 0 Å². The summed E-state index contributed by atoms with van der Waals surface area (Å²) in [7, 11) is -3.63. The minimum Gasteiger partial charge on any atom is -0.322 e. The molecule has 0 radical (unpaired) electrons. The zero-order valence-electron chi connectivity index (χ0n) is 17.7. The molecule has 3 aromatic rings. The van der Waals surface area contributed by atoms with Crippen LogP contribution in [0, 0.1) is 6.92 Å². The highest BCUT2D eigenvalue weighted by atomic mass is 35.5. The lowest BCUT2D eigenvalue weighted by molar-refractivity contribution is 0.102. The number of nitrogens with one attached hydrogen (secondary N) is 1. The Labute approximate surface area is 187 Å². The fraction of sp³-hybridized carbons (Fsp3) is 0.273. The molecule has 0 aliphatic carbocycles. The van der Waals surface area contributed by atoms with Gasteiger partial charge in [0.25, 0.3) is 5.91 Å². The van der Waals surface area contributed by atoms with Crippen molar-refractivity contribution in [3.05, 3.63) is 76.6 Å². The molecule has 0 unspecified atom stereocenters. The second-order valence-corrected chi connectivity index (χ2v) is 9.26. The lowest BCUT2D eigenvalue weighted by Crippen LogP contribution is -2.30. The van der Waals surface area contributed by atoms with Crippen molar-refractivity contribution in [3.63, 3.8) is 0 Å². The van der Waals surface area contributed by atoms with Crippen LogP contribution in [0.5, 0.6) is 0 Å². The van der Waals surface area contributed by atoms with Gasteiger partial charge in [-0.2, -0.15) is 9.40 Å². The number of rotatable bonds is 8. The number of halogens is 1. The molecule has 0 spiro atoms. The number of aromatic nitrogens is 2. The van der Waals surface area contributed by atoms with E-state index in [-0.39, 0.29) is 15.6 Å². The molecular weight excluding hydrogens is 436 g/mol. The largest absolute Gasteiger partial charge is 0.322 e. The monoisotopic (exact) mass is 460 g/mol. The first kappa shape index (κ1) is 23.0. The zero-order chi connectivity index (χ0) is 22.6. The summed E-state index contributed by atoms with van der Waals surface area (Å²) in [6.07, 6.45) is 0. The molecule has 9 heteroatoms. The molecule has 2 aromatic carbocycles. The maximum Gasteiger partial charge on any atom is 0.260 e. The fourth-order valence-electron chi connectivity index (χ4n) is 3.31. The number of amides is 1. The third-order valence-electron chi connectivity index (χ3n) is 4.90. The van der Waals surface area contributed by atoms with Crippen LogP contribution in [0.1, 0.15) is 35.5 Å². The van der Waals surface area contributed by atoms with Crippen LogP contribution in [-0.2, 0) is 16.6 Å². The summed E-state index contributed by atoms with van der Waals surface area (Å²) in [6.45, 7) is 6.44. The Morgan fingerprint density at radius 2 is 1.77 bits per heavy atom. The molecule has 0 saturated carbocycles. The van der Waals surface area contributed by atoms with Crippen molar-refractivity contribution >= 4 is 33.2 Å². The summed E-state index contributed by atoms with van der Waals surface area (Å²) >= 11 is 6.46. The summed E-state index contributed by atoms with van der Waals surface area (Å²) in [6, 6.07) is 15.9. The first-order valence-electron chi connectivity index (χ1n) is 9.96. The van der Waals surface area contributed by atoms with Crippen LogP contribution in [0.2, 0.25) is 5.15 Å². The molecule has 0 bridgehead atoms. The van der Waals surface area contributed by atoms with E-state index in [0.717, 1.165) is 5.56 Å². The van der Waals surface area contributed by atoms with E-state index in [1.54, 1.807) is 37.6 Å². The maximum absolute atomic E-state index is 12.9. The van der Waals surface area contributed by atoms with E-state index in [1.807, 2.05) is 30.3 Å². The second kappa shape index (κ2) is 9.64. The highest BCUT2D eigenvalue weighted by Crippen LogP contribution is 2.24. The Balaban J connectivity index is 1.84. The Bertz CT molecular complexity index is 1170. The number of hydrogen-bond donors (Lipinski definition) is 1. The van der Waals surface area contributed by atoms with Crippen molar-refractivity contribution in [2.45, 2.75) is 32.2 Å². The molecule has 3 rings (SSSR count). The highest BCUT2D eigenvalue weighted by molar-refractivity contribution is 7.89. The van der Waals surface area contributed by atoms with Crippen molar-refractivity contribution in [2.75, 3.05) is 18.4 Å². The molecule has 0 atom stereocenters. The van der Waals surface area contributed by atoms with E-state index in [2.05, 4.69) is 10.4 Å². The number of sulfonamides is 1. The van der Waals surface area contributed by atoms with Gasteiger partial charge < -0.3 is 5.32 Å². The van der Waals surface area contributed by atoms with Gasteiger partial charge in [0.2, 0.25) is 10.0 Å². The van der Waals surface area contributed by atoms with Gasteiger partial charge in [-0.3, -0.25) is 4.79 Å². The number of hydrogen-bond acceptors (Lipinski definition) is 4. The molecule has 0 saturated heterocycles. The van der Waals surface area contributed by atoms with Crippen LogP contribution >= 0.6 is 11.6 Å². The standard InChI is InChI=1S/C22H25ClN4O3S/c1-4-26(5-2)31(29,30)19-13-9-12-18(14-19)24-22(28)20-16(3)25-27(21(20)23)15-17-10-7-6-8-11-17/h6-14H,4-5,15H2,1-3H3,(H,24,28). The number of aryl methyl sites for hydroxylation is 1. The van der Waals surface area contributed by atoms with Gasteiger partial charge in [-0.05, 0) is 30.7 Å². The van der Waals surface area contributed by atoms with E-state index >= 15 is 0 Å². The smallest absolute Gasteiger partial charge is 0.260 e. The quantitative estimate of drug-likeness (QED) is 0.546. The molecule has 0 aliphatic heterocycles. The SMILES string of the molecule is CCN(CC)S(=O)(=O)c1cccc(NC(=O)c2c(C)nn(Cc3ccccc3)c2Cl)c1. The van der Waals surface area contributed by atoms with Gasteiger partial charge in [0.1, 0.15) is 5.15 Å². The van der Waals surface area contributed by atoms with E-state index in [1.165, 1.54) is 16.4 Å². The molecule has 164 valence electrons. The van der Waals surface area contributed by atoms with E-state index in [0.29, 0.717) is 31.0 Å². The normalized spacial score (nSPS) is 11.6. The van der Waals surface area contributed by atoms with Gasteiger partial charge in [-0.25, -0.2) is 13.1 Å². The van der Waals surface area contributed by atoms with E-state index in [4.69, 9.17) is 11.6 Å². The Morgan fingerprint density at radius 3 is 2.42 bits per heavy atom. The Morgan fingerprint density at radius 1 is 1.10 bits per heavy atom. The van der Waals surface area contributed by atoms with Crippen LogP contribution in [0.4, 0.5) is 5.69 Å². The lowest BCUT2D eigenvalue weighted by atomic mass is 10.2. The summed E-state index contributed by atoms with van der Waals surface area (Å²) in [5, 5.41) is 7.36. The third-order valence-corrected chi connectivity index (χ3v) is 7.33. The molecule has 0 fully saturated rings. The number of nitrogens with zero attached hydrogens (tertiary/aromatic N) is 3. The van der Waals surface area contributed by atoms with Crippen molar-refractivity contribution < 1.29 is 13.2 Å². The minimum absolute atomic E-state index is 0.122. The number of carbonyl (C=O) groups excluding carboxylic acids is 1. The second-order valence-electron chi connectivity index (χ2n) is 6.97. The first-order chi connectivity index (χ1) is 14.8. The van der Waals surface area contributed by atoms with E-state index < -0.39 is 15.9 Å². The van der Waals surface area contributed by atoms with Crippen LogP contribution in [0.25, 0.3) is 0 Å². The number of carbonyl (C=O) groups is 1. The molecule has 1 amide bonds. The van der Waals surface area contributed by atoms with Crippen molar-refractivity contribution in [2.24, 2.45) is 0 Å². The topological polar surface area (TPSA) is 84.3 Å². The predicted molar refractivity (Wildman–Crippen MR) is 122 cm³/mol. The molecule has 1 aromatic heterocycles. The Hall–Kier alpha value is -2.68. The molecule has 0 aliphatic rings. The number of anilines is 1. The number of benzene rings is 2. The van der Waals surface area contributed by atoms with Gasteiger partial charge in [-0.1, -0.05) is 61.8 Å². The maximum atomic E-state index is 12.9.